The van der Waals surface area contributed by atoms with Gasteiger partial charge < -0.3 is 20.3 Å². The monoisotopic (exact) mass is 285 g/mol. The zero-order valence-corrected chi connectivity index (χ0v) is 10.6. The predicted octanol–water partition coefficient (Wildman–Crippen LogP) is 0.499. The minimum Gasteiger partial charge on any atom is -0.477 e. The van der Waals surface area contributed by atoms with Crippen molar-refractivity contribution in [2.75, 3.05) is 31.7 Å². The number of nitrogens with one attached hydrogen (secondary N) is 1. The maximum Gasteiger partial charge on any atom is 0.342 e. The molecule has 0 fully saturated rings. The minimum absolute atomic E-state index is 0.0424. The van der Waals surface area contributed by atoms with Gasteiger partial charge in [0.2, 0.25) is 0 Å². The SMILES string of the molecule is O=C(O)c1cc(NCCCOCCO)ncc1[N+](=O)[O-]. The number of pyridine rings is 1. The van der Waals surface area contributed by atoms with E-state index in [2.05, 4.69) is 10.3 Å². The summed E-state index contributed by atoms with van der Waals surface area (Å²) in [6.45, 7) is 1.12. The Balaban J connectivity index is 2.57. The molecule has 0 amide bonds. The topological polar surface area (TPSA) is 135 Å². The van der Waals surface area contributed by atoms with Gasteiger partial charge in [-0.25, -0.2) is 9.78 Å². The van der Waals surface area contributed by atoms with Crippen LogP contribution in [0, 0.1) is 10.1 Å². The van der Waals surface area contributed by atoms with Crippen LogP contribution in [0.1, 0.15) is 16.8 Å². The van der Waals surface area contributed by atoms with Crippen LogP contribution in [0.25, 0.3) is 0 Å². The molecule has 1 heterocycles. The van der Waals surface area contributed by atoms with Crippen molar-refractivity contribution in [2.24, 2.45) is 0 Å². The van der Waals surface area contributed by atoms with E-state index in [1.807, 2.05) is 0 Å². The van der Waals surface area contributed by atoms with E-state index in [0.29, 0.717) is 19.6 Å². The van der Waals surface area contributed by atoms with Gasteiger partial charge >= 0.3 is 11.7 Å². The zero-order chi connectivity index (χ0) is 15.0. The van der Waals surface area contributed by atoms with E-state index in [9.17, 15) is 14.9 Å². The molecular formula is C11H15N3O6. The van der Waals surface area contributed by atoms with Gasteiger partial charge in [0, 0.05) is 19.2 Å². The molecule has 0 spiro atoms. The van der Waals surface area contributed by atoms with Gasteiger partial charge in [-0.15, -0.1) is 0 Å². The quantitative estimate of drug-likeness (QED) is 0.339. The number of rotatable bonds is 9. The molecule has 0 aliphatic carbocycles. The van der Waals surface area contributed by atoms with Crippen LogP contribution >= 0.6 is 0 Å². The van der Waals surface area contributed by atoms with Gasteiger partial charge in [0.05, 0.1) is 18.1 Å². The maximum absolute atomic E-state index is 10.9. The smallest absolute Gasteiger partial charge is 0.342 e. The van der Waals surface area contributed by atoms with Crippen LogP contribution in [0.5, 0.6) is 0 Å². The first-order valence-electron chi connectivity index (χ1n) is 5.86. The van der Waals surface area contributed by atoms with Crippen LogP contribution in [0.4, 0.5) is 11.5 Å². The Morgan fingerprint density at radius 1 is 1.50 bits per heavy atom. The summed E-state index contributed by atoms with van der Waals surface area (Å²) in [5, 5.41) is 30.9. The Hall–Kier alpha value is -2.26. The van der Waals surface area contributed by atoms with Gasteiger partial charge in [0.1, 0.15) is 17.6 Å². The number of aliphatic hydroxyl groups excluding tert-OH is 1. The predicted molar refractivity (Wildman–Crippen MR) is 68.9 cm³/mol. The van der Waals surface area contributed by atoms with E-state index < -0.39 is 22.1 Å². The first-order chi connectivity index (χ1) is 9.56. The molecular weight excluding hydrogens is 270 g/mol. The van der Waals surface area contributed by atoms with Crippen molar-refractivity contribution < 1.29 is 24.7 Å². The van der Waals surface area contributed by atoms with E-state index in [0.717, 1.165) is 12.3 Å². The molecule has 0 saturated carbocycles. The first kappa shape index (κ1) is 15.8. The minimum atomic E-state index is -1.38. The summed E-state index contributed by atoms with van der Waals surface area (Å²) in [6.07, 6.45) is 1.54. The molecule has 1 aromatic rings. The van der Waals surface area contributed by atoms with Crippen molar-refractivity contribution in [2.45, 2.75) is 6.42 Å². The van der Waals surface area contributed by atoms with Gasteiger partial charge in [-0.2, -0.15) is 0 Å². The molecule has 110 valence electrons. The number of aromatic carboxylic acids is 1. The fourth-order valence-electron chi connectivity index (χ4n) is 1.42. The third-order valence-corrected chi connectivity index (χ3v) is 2.32. The number of nitrogens with zero attached hydrogens (tertiary/aromatic N) is 2. The number of nitro groups is 1. The maximum atomic E-state index is 10.9. The number of anilines is 1. The fourth-order valence-corrected chi connectivity index (χ4v) is 1.42. The Bertz CT molecular complexity index is 479. The Kier molecular flexibility index (Phi) is 6.33. The molecule has 0 aliphatic rings. The van der Waals surface area contributed by atoms with Crippen molar-refractivity contribution in [3.8, 4) is 0 Å². The number of carbonyl (C=O) groups is 1. The standard InChI is InChI=1S/C11H15N3O6/c15-3-5-20-4-1-2-12-10-6-8(11(16)17)9(7-13-10)14(18)19/h6-7,15H,1-5H2,(H,12,13)(H,16,17). The highest BCUT2D eigenvalue weighted by Crippen LogP contribution is 2.20. The zero-order valence-electron chi connectivity index (χ0n) is 10.6. The summed E-state index contributed by atoms with van der Waals surface area (Å²) < 4.78 is 5.04. The average molecular weight is 285 g/mol. The molecule has 0 bridgehead atoms. The van der Waals surface area contributed by atoms with Crippen LogP contribution in [0.15, 0.2) is 12.3 Å². The van der Waals surface area contributed by atoms with Crippen molar-refractivity contribution in [3.63, 3.8) is 0 Å². The number of hydrogen-bond acceptors (Lipinski definition) is 7. The molecule has 0 saturated heterocycles. The summed E-state index contributed by atoms with van der Waals surface area (Å²) >= 11 is 0. The summed E-state index contributed by atoms with van der Waals surface area (Å²) in [4.78, 5) is 24.6. The molecule has 0 aliphatic heterocycles. The lowest BCUT2D eigenvalue weighted by Crippen LogP contribution is -2.10. The van der Waals surface area contributed by atoms with Crippen LogP contribution < -0.4 is 5.32 Å². The molecule has 0 unspecified atom stereocenters. The molecule has 9 nitrogen and oxygen atoms in total. The van der Waals surface area contributed by atoms with E-state index in [4.69, 9.17) is 14.9 Å². The second-order valence-corrected chi connectivity index (χ2v) is 3.77. The summed E-state index contributed by atoms with van der Waals surface area (Å²) in [7, 11) is 0. The third kappa shape index (κ3) is 4.78. The molecule has 0 atom stereocenters. The second kappa shape index (κ2) is 8.02. The number of carboxylic acid groups (broad SMARTS) is 1. The Morgan fingerprint density at radius 3 is 2.85 bits per heavy atom. The van der Waals surface area contributed by atoms with E-state index >= 15 is 0 Å². The first-order valence-corrected chi connectivity index (χ1v) is 5.86. The largest absolute Gasteiger partial charge is 0.477 e. The number of hydrogen-bond donors (Lipinski definition) is 3. The molecule has 1 rings (SSSR count). The normalized spacial score (nSPS) is 10.2. The summed E-state index contributed by atoms with van der Waals surface area (Å²) in [5.74, 6) is -1.14. The number of aliphatic hydroxyl groups is 1. The van der Waals surface area contributed by atoms with Crippen molar-refractivity contribution in [1.29, 1.82) is 0 Å². The number of ether oxygens (including phenoxy) is 1. The number of aromatic nitrogens is 1. The van der Waals surface area contributed by atoms with Crippen LogP contribution in [0.3, 0.4) is 0 Å². The van der Waals surface area contributed by atoms with Crippen LogP contribution in [0.2, 0.25) is 0 Å². The Labute approximate surface area is 114 Å². The molecule has 0 aromatic carbocycles. The van der Waals surface area contributed by atoms with Gasteiger partial charge in [0.15, 0.2) is 0 Å². The lowest BCUT2D eigenvalue weighted by Gasteiger charge is -2.06. The lowest BCUT2D eigenvalue weighted by atomic mass is 10.2. The third-order valence-electron chi connectivity index (χ3n) is 2.32. The molecule has 0 radical (unpaired) electrons. The van der Waals surface area contributed by atoms with Gasteiger partial charge in [-0.05, 0) is 6.42 Å². The molecule has 1 aromatic heterocycles. The molecule has 3 N–H and O–H groups in total. The summed E-state index contributed by atoms with van der Waals surface area (Å²) in [5.41, 5.74) is -0.960. The fraction of sp³-hybridized carbons (Fsp3) is 0.455. The van der Waals surface area contributed by atoms with Crippen molar-refractivity contribution in [3.05, 3.63) is 27.9 Å². The van der Waals surface area contributed by atoms with E-state index in [1.54, 1.807) is 0 Å². The second-order valence-electron chi connectivity index (χ2n) is 3.77. The highest BCUT2D eigenvalue weighted by atomic mass is 16.6. The average Bonchev–Trinajstić information content (AvgIpc) is 2.42. The molecule has 20 heavy (non-hydrogen) atoms. The Morgan fingerprint density at radius 2 is 2.25 bits per heavy atom. The highest BCUT2D eigenvalue weighted by molar-refractivity contribution is 5.93. The van der Waals surface area contributed by atoms with E-state index in [-0.39, 0.29) is 19.0 Å². The van der Waals surface area contributed by atoms with E-state index in [1.165, 1.54) is 0 Å². The summed E-state index contributed by atoms with van der Waals surface area (Å²) in [6, 6.07) is 1.12. The van der Waals surface area contributed by atoms with Gasteiger partial charge in [-0.3, -0.25) is 10.1 Å². The van der Waals surface area contributed by atoms with Crippen LogP contribution in [-0.4, -0.2) is 52.5 Å². The van der Waals surface area contributed by atoms with Crippen LogP contribution in [-0.2, 0) is 4.74 Å². The van der Waals surface area contributed by atoms with Crippen molar-refractivity contribution in [1.82, 2.24) is 4.98 Å². The lowest BCUT2D eigenvalue weighted by molar-refractivity contribution is -0.385. The van der Waals surface area contributed by atoms with Gasteiger partial charge in [0.25, 0.3) is 0 Å². The van der Waals surface area contributed by atoms with Gasteiger partial charge in [-0.1, -0.05) is 0 Å². The molecule has 9 heteroatoms. The van der Waals surface area contributed by atoms with Crippen molar-refractivity contribution >= 4 is 17.5 Å². The highest BCUT2D eigenvalue weighted by Gasteiger charge is 2.20. The number of carboxylic acids is 1.